The Hall–Kier alpha value is -2.16. The van der Waals surface area contributed by atoms with Gasteiger partial charge in [-0.3, -0.25) is 4.79 Å². The Labute approximate surface area is 101 Å². The zero-order chi connectivity index (χ0) is 12.1. The topological polar surface area (TPSA) is 33.0 Å². The Bertz CT molecular complexity index is 509. The molecule has 0 radical (unpaired) electrons. The molecule has 2 aromatic rings. The summed E-state index contributed by atoms with van der Waals surface area (Å²) in [6.07, 6.45) is 3.74. The molecule has 1 aromatic heterocycles. The molecule has 0 bridgehead atoms. The van der Waals surface area contributed by atoms with Crippen LogP contribution in [0, 0.1) is 6.92 Å². The van der Waals surface area contributed by atoms with Gasteiger partial charge in [0.05, 0.1) is 0 Å². The van der Waals surface area contributed by atoms with Gasteiger partial charge in [-0.15, -0.1) is 0 Å². The molecule has 1 aromatic carbocycles. The van der Waals surface area contributed by atoms with E-state index in [0.717, 1.165) is 11.3 Å². The van der Waals surface area contributed by atoms with Crippen LogP contribution >= 0.6 is 0 Å². The van der Waals surface area contributed by atoms with Crippen molar-refractivity contribution < 1.29 is 9.36 Å². The van der Waals surface area contributed by atoms with Gasteiger partial charge < -0.3 is 5.32 Å². The summed E-state index contributed by atoms with van der Waals surface area (Å²) in [6, 6.07) is 13.5. The smallest absolute Gasteiger partial charge is 0.290 e. The van der Waals surface area contributed by atoms with E-state index in [9.17, 15) is 4.79 Å². The highest BCUT2D eigenvalue weighted by atomic mass is 16.1. The minimum atomic E-state index is -0.0215. The lowest BCUT2D eigenvalue weighted by Crippen LogP contribution is -2.39. The summed E-state index contributed by atoms with van der Waals surface area (Å²) in [5.41, 5.74) is 1.97. The second kappa shape index (κ2) is 5.25. The number of carbonyl (C=O) groups is 1. The summed E-state index contributed by atoms with van der Waals surface area (Å²) < 4.78 is 1.84. The third kappa shape index (κ3) is 3.41. The van der Waals surface area contributed by atoms with Gasteiger partial charge in [0, 0.05) is 17.8 Å². The normalized spacial score (nSPS) is 9.94. The number of hydrogen-bond acceptors (Lipinski definition) is 1. The lowest BCUT2D eigenvalue weighted by molar-refractivity contribution is -0.684. The number of aromatic nitrogens is 1. The number of carbonyl (C=O) groups excluding carboxylic acids is 1. The average molecular weight is 227 g/mol. The van der Waals surface area contributed by atoms with Gasteiger partial charge in [0.15, 0.2) is 12.4 Å². The number of rotatable bonds is 3. The zero-order valence-corrected chi connectivity index (χ0v) is 9.76. The molecular weight excluding hydrogens is 212 g/mol. The van der Waals surface area contributed by atoms with E-state index in [1.807, 2.05) is 66.3 Å². The predicted octanol–water partition coefficient (Wildman–Crippen LogP) is 1.92. The van der Waals surface area contributed by atoms with Crippen LogP contribution in [0.15, 0.2) is 54.9 Å². The Morgan fingerprint density at radius 1 is 1.18 bits per heavy atom. The minimum absolute atomic E-state index is 0.0215. The van der Waals surface area contributed by atoms with Crippen LogP contribution in [0.2, 0.25) is 0 Å². The Kier molecular flexibility index (Phi) is 3.50. The zero-order valence-electron chi connectivity index (χ0n) is 9.76. The summed E-state index contributed by atoms with van der Waals surface area (Å²) in [6.45, 7) is 2.33. The maximum absolute atomic E-state index is 11.8. The van der Waals surface area contributed by atoms with Crippen molar-refractivity contribution in [2.45, 2.75) is 13.5 Å². The number of anilines is 1. The van der Waals surface area contributed by atoms with Crippen molar-refractivity contribution in [3.8, 4) is 0 Å². The molecule has 1 N–H and O–H groups in total. The number of nitrogens with one attached hydrogen (secondary N) is 1. The van der Waals surface area contributed by atoms with Crippen molar-refractivity contribution in [1.82, 2.24) is 0 Å². The van der Waals surface area contributed by atoms with E-state index in [4.69, 9.17) is 0 Å². The van der Waals surface area contributed by atoms with E-state index in [-0.39, 0.29) is 5.91 Å². The molecule has 17 heavy (non-hydrogen) atoms. The Balaban J connectivity index is 1.98. The molecule has 0 saturated carbocycles. The average Bonchev–Trinajstić information content (AvgIpc) is 2.30. The van der Waals surface area contributed by atoms with Crippen LogP contribution in [-0.2, 0) is 11.3 Å². The van der Waals surface area contributed by atoms with Crippen molar-refractivity contribution in [1.29, 1.82) is 0 Å². The van der Waals surface area contributed by atoms with Gasteiger partial charge in [-0.25, -0.2) is 0 Å². The fraction of sp³-hybridized carbons (Fsp3) is 0.143. The minimum Gasteiger partial charge on any atom is -0.321 e. The molecule has 0 fully saturated rings. The summed E-state index contributed by atoms with van der Waals surface area (Å²) >= 11 is 0. The van der Waals surface area contributed by atoms with Crippen molar-refractivity contribution in [3.63, 3.8) is 0 Å². The number of amides is 1. The van der Waals surface area contributed by atoms with E-state index in [1.165, 1.54) is 0 Å². The maximum Gasteiger partial charge on any atom is 0.290 e. The van der Waals surface area contributed by atoms with Gasteiger partial charge in [0.25, 0.3) is 5.91 Å². The summed E-state index contributed by atoms with van der Waals surface area (Å²) in [7, 11) is 0. The second-order valence-electron chi connectivity index (χ2n) is 3.97. The molecule has 3 heteroatoms. The lowest BCUT2D eigenvalue weighted by atomic mass is 10.2. The Morgan fingerprint density at radius 3 is 2.65 bits per heavy atom. The molecule has 0 spiro atoms. The van der Waals surface area contributed by atoms with E-state index in [1.54, 1.807) is 0 Å². The highest BCUT2D eigenvalue weighted by Crippen LogP contribution is 2.08. The van der Waals surface area contributed by atoms with Crippen LogP contribution in [0.4, 0.5) is 5.69 Å². The van der Waals surface area contributed by atoms with Crippen LogP contribution in [0.3, 0.4) is 0 Å². The lowest BCUT2D eigenvalue weighted by Gasteiger charge is -2.03. The standard InChI is InChI=1S/C14H14N2O/c1-12-6-5-7-13(10-12)15-14(17)11-16-8-3-2-4-9-16/h2-10H,11H2,1H3/p+1. The van der Waals surface area contributed by atoms with Gasteiger partial charge >= 0.3 is 0 Å². The Morgan fingerprint density at radius 2 is 1.94 bits per heavy atom. The molecule has 0 unspecified atom stereocenters. The predicted molar refractivity (Wildman–Crippen MR) is 66.4 cm³/mol. The van der Waals surface area contributed by atoms with Crippen molar-refractivity contribution in [2.24, 2.45) is 0 Å². The molecule has 2 rings (SSSR count). The molecule has 0 aliphatic carbocycles. The first-order chi connectivity index (χ1) is 8.24. The highest BCUT2D eigenvalue weighted by molar-refractivity contribution is 5.89. The molecule has 1 amide bonds. The van der Waals surface area contributed by atoms with Gasteiger partial charge in [-0.1, -0.05) is 18.2 Å². The van der Waals surface area contributed by atoms with E-state index < -0.39 is 0 Å². The molecular formula is C14H15N2O+. The van der Waals surface area contributed by atoms with Gasteiger partial charge in [0.2, 0.25) is 6.54 Å². The third-order valence-electron chi connectivity index (χ3n) is 2.41. The number of pyridine rings is 1. The molecule has 0 aliphatic rings. The maximum atomic E-state index is 11.8. The molecule has 1 heterocycles. The first-order valence-corrected chi connectivity index (χ1v) is 5.55. The molecule has 0 atom stereocenters. The summed E-state index contributed by atoms with van der Waals surface area (Å²) in [4.78, 5) is 11.8. The second-order valence-corrected chi connectivity index (χ2v) is 3.97. The molecule has 86 valence electrons. The number of hydrogen-bond donors (Lipinski definition) is 1. The van der Waals surface area contributed by atoms with Crippen LogP contribution in [0.25, 0.3) is 0 Å². The van der Waals surface area contributed by atoms with Crippen molar-refractivity contribution >= 4 is 11.6 Å². The summed E-state index contributed by atoms with van der Waals surface area (Å²) in [5, 5.41) is 2.87. The van der Waals surface area contributed by atoms with Crippen LogP contribution in [0.5, 0.6) is 0 Å². The molecule has 3 nitrogen and oxygen atoms in total. The van der Waals surface area contributed by atoms with Crippen molar-refractivity contribution in [3.05, 3.63) is 60.4 Å². The quantitative estimate of drug-likeness (QED) is 0.798. The molecule has 0 saturated heterocycles. The first-order valence-electron chi connectivity index (χ1n) is 5.55. The van der Waals surface area contributed by atoms with Crippen LogP contribution in [-0.4, -0.2) is 5.91 Å². The number of nitrogens with zero attached hydrogens (tertiary/aromatic N) is 1. The summed E-state index contributed by atoms with van der Waals surface area (Å²) in [5.74, 6) is -0.0215. The number of benzene rings is 1. The fourth-order valence-electron chi connectivity index (χ4n) is 1.63. The highest BCUT2D eigenvalue weighted by Gasteiger charge is 2.08. The SMILES string of the molecule is Cc1cccc(NC(=O)C[n+]2ccccc2)c1. The number of aryl methyl sites for hydroxylation is 1. The first kappa shape index (κ1) is 11.3. The van der Waals surface area contributed by atoms with Gasteiger partial charge in [-0.05, 0) is 24.6 Å². The third-order valence-corrected chi connectivity index (χ3v) is 2.41. The van der Waals surface area contributed by atoms with Gasteiger partial charge in [-0.2, -0.15) is 4.57 Å². The van der Waals surface area contributed by atoms with E-state index in [2.05, 4.69) is 5.32 Å². The van der Waals surface area contributed by atoms with Crippen LogP contribution < -0.4 is 9.88 Å². The van der Waals surface area contributed by atoms with E-state index >= 15 is 0 Å². The fourth-order valence-corrected chi connectivity index (χ4v) is 1.63. The monoisotopic (exact) mass is 227 g/mol. The van der Waals surface area contributed by atoms with Crippen molar-refractivity contribution in [2.75, 3.05) is 5.32 Å². The largest absolute Gasteiger partial charge is 0.321 e. The van der Waals surface area contributed by atoms with Crippen LogP contribution in [0.1, 0.15) is 5.56 Å². The molecule has 0 aliphatic heterocycles. The van der Waals surface area contributed by atoms with Gasteiger partial charge in [0.1, 0.15) is 0 Å². The van der Waals surface area contributed by atoms with E-state index in [0.29, 0.717) is 6.54 Å².